The van der Waals surface area contributed by atoms with Crippen molar-refractivity contribution in [1.82, 2.24) is 5.32 Å². The minimum Gasteiger partial charge on any atom is -0.395 e. The maximum Gasteiger partial charge on any atom is 0.0991 e. The van der Waals surface area contributed by atoms with Crippen LogP contribution in [-0.2, 0) is 13.0 Å². The minimum atomic E-state index is 0.136. The zero-order valence-electron chi connectivity index (χ0n) is 7.83. The molecule has 0 aliphatic carbocycles. The second-order valence-corrected chi connectivity index (χ2v) is 3.56. The minimum absolute atomic E-state index is 0.136. The van der Waals surface area contributed by atoms with Crippen LogP contribution in [0.4, 0.5) is 0 Å². The molecule has 0 spiro atoms. The summed E-state index contributed by atoms with van der Waals surface area (Å²) in [6, 6.07) is 7.99. The van der Waals surface area contributed by atoms with Gasteiger partial charge in [0.1, 0.15) is 0 Å². The van der Waals surface area contributed by atoms with Crippen LogP contribution in [0.2, 0.25) is 0 Å². The van der Waals surface area contributed by atoms with Crippen molar-refractivity contribution in [3.8, 4) is 6.07 Å². The van der Waals surface area contributed by atoms with Gasteiger partial charge in [-0.25, -0.2) is 0 Å². The topological polar surface area (TPSA) is 56.0 Å². The monoisotopic (exact) mass is 188 g/mol. The molecule has 0 unspecified atom stereocenters. The molecule has 0 fully saturated rings. The second-order valence-electron chi connectivity index (χ2n) is 3.56. The smallest absolute Gasteiger partial charge is 0.0991 e. The van der Waals surface area contributed by atoms with Crippen molar-refractivity contribution >= 4 is 0 Å². The highest BCUT2D eigenvalue weighted by atomic mass is 16.3. The first-order valence-electron chi connectivity index (χ1n) is 4.69. The van der Waals surface area contributed by atoms with Gasteiger partial charge in [-0.05, 0) is 29.7 Å². The van der Waals surface area contributed by atoms with E-state index in [4.69, 9.17) is 10.4 Å². The lowest BCUT2D eigenvalue weighted by molar-refractivity contribution is 0.236. The lowest BCUT2D eigenvalue weighted by atomic mass is 9.94. The van der Waals surface area contributed by atoms with Gasteiger partial charge in [0.2, 0.25) is 0 Å². The van der Waals surface area contributed by atoms with E-state index in [0.29, 0.717) is 5.56 Å². The normalized spacial score (nSPS) is 19.9. The zero-order chi connectivity index (χ0) is 9.97. The van der Waals surface area contributed by atoms with Gasteiger partial charge >= 0.3 is 0 Å². The van der Waals surface area contributed by atoms with E-state index >= 15 is 0 Å². The number of nitrogens with one attached hydrogen (secondary N) is 1. The molecule has 1 aliphatic rings. The fourth-order valence-electron chi connectivity index (χ4n) is 1.78. The van der Waals surface area contributed by atoms with Crippen LogP contribution >= 0.6 is 0 Å². The lowest BCUT2D eigenvalue weighted by Gasteiger charge is -2.24. The first kappa shape index (κ1) is 9.20. The first-order chi connectivity index (χ1) is 6.83. The molecule has 1 heterocycles. The Morgan fingerprint density at radius 2 is 2.36 bits per heavy atom. The summed E-state index contributed by atoms with van der Waals surface area (Å²) in [5.41, 5.74) is 3.11. The number of aliphatic hydroxyl groups excluding tert-OH is 1. The number of nitrogens with zero attached hydrogens (tertiary/aromatic N) is 1. The third kappa shape index (κ3) is 1.63. The van der Waals surface area contributed by atoms with E-state index in [9.17, 15) is 0 Å². The predicted octanol–water partition coefficient (Wildman–Crippen LogP) is 0.565. The fraction of sp³-hybridized carbons (Fsp3) is 0.364. The molecule has 3 nitrogen and oxygen atoms in total. The average Bonchev–Trinajstić information content (AvgIpc) is 2.27. The molecule has 2 rings (SSSR count). The number of fused-ring (bicyclic) bond motifs is 1. The van der Waals surface area contributed by atoms with Crippen molar-refractivity contribution in [2.75, 3.05) is 6.61 Å². The Morgan fingerprint density at radius 1 is 1.50 bits per heavy atom. The summed E-state index contributed by atoms with van der Waals surface area (Å²) in [7, 11) is 0. The summed E-state index contributed by atoms with van der Waals surface area (Å²) < 4.78 is 0. The van der Waals surface area contributed by atoms with Crippen LogP contribution in [0.25, 0.3) is 0 Å². The Bertz CT molecular complexity index is 381. The summed E-state index contributed by atoms with van der Waals surface area (Å²) in [5.74, 6) is 0. The molecule has 1 aromatic carbocycles. The van der Waals surface area contributed by atoms with Crippen molar-refractivity contribution in [2.45, 2.75) is 19.0 Å². The van der Waals surface area contributed by atoms with Gasteiger partial charge in [0.05, 0.1) is 18.2 Å². The Hall–Kier alpha value is -1.37. The van der Waals surface area contributed by atoms with Crippen molar-refractivity contribution in [3.63, 3.8) is 0 Å². The third-order valence-electron chi connectivity index (χ3n) is 2.60. The van der Waals surface area contributed by atoms with E-state index in [1.807, 2.05) is 18.2 Å². The van der Waals surface area contributed by atoms with Gasteiger partial charge in [-0.3, -0.25) is 0 Å². The van der Waals surface area contributed by atoms with Gasteiger partial charge in [-0.1, -0.05) is 6.07 Å². The van der Waals surface area contributed by atoms with Crippen LogP contribution in [0.1, 0.15) is 16.7 Å². The zero-order valence-corrected chi connectivity index (χ0v) is 7.83. The molecule has 0 amide bonds. The Morgan fingerprint density at radius 3 is 3.07 bits per heavy atom. The van der Waals surface area contributed by atoms with Crippen LogP contribution in [0, 0.1) is 11.3 Å². The van der Waals surface area contributed by atoms with E-state index in [-0.39, 0.29) is 12.6 Å². The predicted molar refractivity (Wildman–Crippen MR) is 52.6 cm³/mol. The number of hydrogen-bond donors (Lipinski definition) is 2. The number of aliphatic hydroxyl groups is 1. The lowest BCUT2D eigenvalue weighted by Crippen LogP contribution is -2.38. The van der Waals surface area contributed by atoms with E-state index in [1.165, 1.54) is 11.1 Å². The molecule has 2 N–H and O–H groups in total. The van der Waals surface area contributed by atoms with Crippen molar-refractivity contribution in [3.05, 3.63) is 34.9 Å². The molecular formula is C11H12N2O. The SMILES string of the molecule is N#Cc1ccc2c(c1)C[C@H](CO)NC2. The third-order valence-corrected chi connectivity index (χ3v) is 2.60. The fourth-order valence-corrected chi connectivity index (χ4v) is 1.78. The van der Waals surface area contributed by atoms with Gasteiger partial charge in [0.25, 0.3) is 0 Å². The largest absolute Gasteiger partial charge is 0.395 e. The Kier molecular flexibility index (Phi) is 2.49. The van der Waals surface area contributed by atoms with Gasteiger partial charge in [-0.15, -0.1) is 0 Å². The van der Waals surface area contributed by atoms with Crippen LogP contribution in [0.3, 0.4) is 0 Å². The summed E-state index contributed by atoms with van der Waals surface area (Å²) in [4.78, 5) is 0. The molecule has 1 aromatic rings. The van der Waals surface area contributed by atoms with E-state index in [1.54, 1.807) is 0 Å². The van der Waals surface area contributed by atoms with Crippen LogP contribution in [0.5, 0.6) is 0 Å². The van der Waals surface area contributed by atoms with Gasteiger partial charge < -0.3 is 10.4 Å². The molecular weight excluding hydrogens is 176 g/mol. The second kappa shape index (κ2) is 3.79. The van der Waals surface area contributed by atoms with E-state index in [0.717, 1.165) is 13.0 Å². The number of hydrogen-bond acceptors (Lipinski definition) is 3. The maximum atomic E-state index is 9.02. The Labute approximate surface area is 83.0 Å². The highest BCUT2D eigenvalue weighted by Crippen LogP contribution is 2.17. The first-order valence-corrected chi connectivity index (χ1v) is 4.69. The molecule has 1 aliphatic heterocycles. The molecule has 0 saturated heterocycles. The van der Waals surface area contributed by atoms with Crippen LogP contribution in [-0.4, -0.2) is 17.8 Å². The highest BCUT2D eigenvalue weighted by Gasteiger charge is 2.16. The molecule has 0 aromatic heterocycles. The molecule has 14 heavy (non-hydrogen) atoms. The number of nitriles is 1. The van der Waals surface area contributed by atoms with Crippen LogP contribution < -0.4 is 5.32 Å². The van der Waals surface area contributed by atoms with Crippen molar-refractivity contribution < 1.29 is 5.11 Å². The van der Waals surface area contributed by atoms with E-state index in [2.05, 4.69) is 11.4 Å². The molecule has 3 heteroatoms. The maximum absolute atomic E-state index is 9.02. The number of benzene rings is 1. The van der Waals surface area contributed by atoms with Crippen molar-refractivity contribution in [1.29, 1.82) is 5.26 Å². The highest BCUT2D eigenvalue weighted by molar-refractivity contribution is 5.39. The molecule has 0 bridgehead atoms. The molecule has 0 radical (unpaired) electrons. The molecule has 0 saturated carbocycles. The van der Waals surface area contributed by atoms with E-state index < -0.39 is 0 Å². The van der Waals surface area contributed by atoms with Gasteiger partial charge in [0, 0.05) is 12.6 Å². The summed E-state index contributed by atoms with van der Waals surface area (Å²) in [6.45, 7) is 0.933. The quantitative estimate of drug-likeness (QED) is 0.677. The van der Waals surface area contributed by atoms with Crippen LogP contribution in [0.15, 0.2) is 18.2 Å². The van der Waals surface area contributed by atoms with Gasteiger partial charge in [-0.2, -0.15) is 5.26 Å². The summed E-state index contributed by atoms with van der Waals surface area (Å²) in [5, 5.41) is 21.0. The standard InChI is InChI=1S/C11H12N2O/c12-5-8-1-2-9-6-13-11(7-14)4-10(9)3-8/h1-3,11,13-14H,4,6-7H2/t11-/m1/s1. The molecule has 72 valence electrons. The summed E-state index contributed by atoms with van der Waals surface area (Å²) >= 11 is 0. The summed E-state index contributed by atoms with van der Waals surface area (Å²) in [6.07, 6.45) is 0.807. The average molecular weight is 188 g/mol. The molecule has 1 atom stereocenters. The Balaban J connectivity index is 2.31. The van der Waals surface area contributed by atoms with Crippen molar-refractivity contribution in [2.24, 2.45) is 0 Å². The van der Waals surface area contributed by atoms with Gasteiger partial charge in [0.15, 0.2) is 0 Å². The number of rotatable bonds is 1.